The number of esters is 1. The Morgan fingerprint density at radius 2 is 2.00 bits per heavy atom. The molecular formula is C18H13Cl2N3O4. The van der Waals surface area contributed by atoms with Gasteiger partial charge in [0, 0.05) is 23.2 Å². The van der Waals surface area contributed by atoms with Gasteiger partial charge in [0.25, 0.3) is 0 Å². The lowest BCUT2D eigenvalue weighted by Crippen LogP contribution is -2.15. The molecule has 2 aromatic heterocycles. The van der Waals surface area contributed by atoms with E-state index in [2.05, 4.69) is 15.1 Å². The molecule has 0 bridgehead atoms. The van der Waals surface area contributed by atoms with Gasteiger partial charge in [-0.25, -0.2) is 0 Å². The van der Waals surface area contributed by atoms with Gasteiger partial charge >= 0.3 is 5.97 Å². The minimum absolute atomic E-state index is 0.00845. The molecule has 0 atom stereocenters. The Bertz CT molecular complexity index is 960. The van der Waals surface area contributed by atoms with E-state index in [1.165, 1.54) is 18.2 Å². The Balaban J connectivity index is 1.49. The third kappa shape index (κ3) is 5.12. The van der Waals surface area contributed by atoms with Crippen LogP contribution in [0.2, 0.25) is 10.0 Å². The zero-order valence-electron chi connectivity index (χ0n) is 13.9. The fourth-order valence-corrected chi connectivity index (χ4v) is 2.69. The fourth-order valence-electron chi connectivity index (χ4n) is 2.18. The van der Waals surface area contributed by atoms with E-state index in [9.17, 15) is 9.59 Å². The molecule has 2 heterocycles. The van der Waals surface area contributed by atoms with Crippen molar-refractivity contribution < 1.29 is 18.8 Å². The number of aryl methyl sites for hydroxylation is 1. The van der Waals surface area contributed by atoms with Gasteiger partial charge in [-0.05, 0) is 30.3 Å². The SMILES string of the molecule is O=C(CCc1nc(-c2ccccn2)no1)OCC(=O)c1ccc(Cl)cc1Cl. The van der Waals surface area contributed by atoms with Gasteiger partial charge in [-0.1, -0.05) is 34.4 Å². The molecule has 3 rings (SSSR count). The van der Waals surface area contributed by atoms with E-state index in [1.807, 2.05) is 0 Å². The number of ketones is 1. The van der Waals surface area contributed by atoms with Gasteiger partial charge < -0.3 is 9.26 Å². The van der Waals surface area contributed by atoms with Gasteiger partial charge in [-0.15, -0.1) is 0 Å². The van der Waals surface area contributed by atoms with Gasteiger partial charge in [0.2, 0.25) is 17.5 Å². The molecule has 0 saturated carbocycles. The smallest absolute Gasteiger partial charge is 0.306 e. The molecule has 0 aliphatic heterocycles. The van der Waals surface area contributed by atoms with Crippen LogP contribution in [0.1, 0.15) is 22.7 Å². The zero-order valence-corrected chi connectivity index (χ0v) is 15.4. The number of carbonyl (C=O) groups excluding carboxylic acids is 2. The van der Waals surface area contributed by atoms with Crippen LogP contribution in [0.5, 0.6) is 0 Å². The highest BCUT2D eigenvalue weighted by Crippen LogP contribution is 2.21. The summed E-state index contributed by atoms with van der Waals surface area (Å²) in [7, 11) is 0. The van der Waals surface area contributed by atoms with Crippen LogP contribution in [0.25, 0.3) is 11.5 Å². The monoisotopic (exact) mass is 405 g/mol. The second kappa shape index (κ2) is 8.75. The molecule has 0 radical (unpaired) electrons. The summed E-state index contributed by atoms with van der Waals surface area (Å²) in [6.45, 7) is -0.413. The molecule has 9 heteroatoms. The number of hydrogen-bond donors (Lipinski definition) is 0. The average molecular weight is 406 g/mol. The van der Waals surface area contributed by atoms with E-state index < -0.39 is 18.4 Å². The Hall–Kier alpha value is -2.77. The van der Waals surface area contributed by atoms with Crippen LogP contribution in [0.4, 0.5) is 0 Å². The number of pyridine rings is 1. The maximum atomic E-state index is 12.1. The summed E-state index contributed by atoms with van der Waals surface area (Å²) in [6.07, 6.45) is 1.80. The first-order valence-corrected chi connectivity index (χ1v) is 8.66. The number of carbonyl (C=O) groups is 2. The largest absolute Gasteiger partial charge is 0.457 e. The quantitative estimate of drug-likeness (QED) is 0.435. The van der Waals surface area contributed by atoms with Gasteiger partial charge in [-0.2, -0.15) is 4.98 Å². The van der Waals surface area contributed by atoms with E-state index in [0.717, 1.165) is 0 Å². The third-order valence-corrected chi connectivity index (χ3v) is 4.05. The standard InChI is InChI=1S/C18H13Cl2N3O4/c19-11-4-5-12(13(20)9-11)15(24)10-26-17(25)7-6-16-22-18(23-27-16)14-3-1-2-8-21-14/h1-5,8-9H,6-7,10H2. The van der Waals surface area contributed by atoms with E-state index in [1.54, 1.807) is 24.4 Å². The minimum Gasteiger partial charge on any atom is -0.457 e. The Morgan fingerprint density at radius 1 is 1.15 bits per heavy atom. The van der Waals surface area contributed by atoms with Gasteiger partial charge in [-0.3, -0.25) is 14.6 Å². The van der Waals surface area contributed by atoms with Crippen molar-refractivity contribution in [2.45, 2.75) is 12.8 Å². The van der Waals surface area contributed by atoms with Crippen molar-refractivity contribution in [1.29, 1.82) is 0 Å². The van der Waals surface area contributed by atoms with E-state index in [4.69, 9.17) is 32.5 Å². The molecule has 7 nitrogen and oxygen atoms in total. The fraction of sp³-hybridized carbons (Fsp3) is 0.167. The highest BCUT2D eigenvalue weighted by molar-refractivity contribution is 6.36. The molecule has 0 spiro atoms. The van der Waals surface area contributed by atoms with Crippen LogP contribution in [0, 0.1) is 0 Å². The van der Waals surface area contributed by atoms with E-state index >= 15 is 0 Å². The van der Waals surface area contributed by atoms with Crippen molar-refractivity contribution in [3.63, 3.8) is 0 Å². The third-order valence-electron chi connectivity index (χ3n) is 3.50. The molecule has 0 fully saturated rings. The number of Topliss-reactive ketones (excluding diaryl/α,β-unsaturated/α-hetero) is 1. The van der Waals surface area contributed by atoms with Crippen LogP contribution in [-0.4, -0.2) is 33.5 Å². The molecule has 0 aliphatic carbocycles. The molecule has 0 unspecified atom stereocenters. The summed E-state index contributed by atoms with van der Waals surface area (Å²) in [5.41, 5.74) is 0.811. The number of benzene rings is 1. The summed E-state index contributed by atoms with van der Waals surface area (Å²) in [6, 6.07) is 9.80. The van der Waals surface area contributed by atoms with E-state index in [0.29, 0.717) is 16.5 Å². The molecule has 0 amide bonds. The van der Waals surface area contributed by atoms with Crippen LogP contribution in [0.3, 0.4) is 0 Å². The van der Waals surface area contributed by atoms with E-state index in [-0.39, 0.29) is 29.3 Å². The summed E-state index contributed by atoms with van der Waals surface area (Å²) >= 11 is 11.7. The average Bonchev–Trinajstić information content (AvgIpc) is 3.14. The van der Waals surface area contributed by atoms with Crippen LogP contribution >= 0.6 is 23.2 Å². The first kappa shape index (κ1) is 19.0. The minimum atomic E-state index is -0.564. The number of ether oxygens (including phenoxy) is 1. The molecule has 3 aromatic rings. The molecule has 0 aliphatic rings. The molecule has 1 aromatic carbocycles. The Morgan fingerprint density at radius 3 is 2.74 bits per heavy atom. The lowest BCUT2D eigenvalue weighted by atomic mass is 10.1. The zero-order chi connectivity index (χ0) is 19.2. The second-order valence-corrected chi connectivity index (χ2v) is 6.28. The topological polar surface area (TPSA) is 95.2 Å². The van der Waals surface area contributed by atoms with Crippen molar-refractivity contribution in [3.05, 3.63) is 64.1 Å². The van der Waals surface area contributed by atoms with Crippen molar-refractivity contribution >= 4 is 35.0 Å². The van der Waals surface area contributed by atoms with Crippen molar-refractivity contribution in [2.75, 3.05) is 6.61 Å². The predicted octanol–water partition coefficient (Wildman–Crippen LogP) is 3.80. The summed E-state index contributed by atoms with van der Waals surface area (Å²) in [5.74, 6) is -0.363. The number of rotatable bonds is 7. The Kier molecular flexibility index (Phi) is 6.16. The van der Waals surface area contributed by atoms with Crippen LogP contribution < -0.4 is 0 Å². The van der Waals surface area contributed by atoms with Crippen molar-refractivity contribution in [1.82, 2.24) is 15.1 Å². The molecule has 138 valence electrons. The number of halogens is 2. The molecule has 0 saturated heterocycles. The number of hydrogen-bond acceptors (Lipinski definition) is 7. The lowest BCUT2D eigenvalue weighted by molar-refractivity contribution is -0.142. The lowest BCUT2D eigenvalue weighted by Gasteiger charge is -2.05. The highest BCUT2D eigenvalue weighted by atomic mass is 35.5. The van der Waals surface area contributed by atoms with Gasteiger partial charge in [0.15, 0.2) is 6.61 Å². The molecule has 0 N–H and O–H groups in total. The van der Waals surface area contributed by atoms with Crippen molar-refractivity contribution in [3.8, 4) is 11.5 Å². The normalized spacial score (nSPS) is 10.6. The number of aromatic nitrogens is 3. The maximum absolute atomic E-state index is 12.1. The second-order valence-electron chi connectivity index (χ2n) is 5.43. The molecule has 27 heavy (non-hydrogen) atoms. The Labute approximate surface area is 164 Å². The van der Waals surface area contributed by atoms with Gasteiger partial charge in [0.1, 0.15) is 5.69 Å². The summed E-state index contributed by atoms with van der Waals surface area (Å²) in [4.78, 5) is 32.2. The maximum Gasteiger partial charge on any atom is 0.306 e. The highest BCUT2D eigenvalue weighted by Gasteiger charge is 2.15. The summed E-state index contributed by atoms with van der Waals surface area (Å²) in [5, 5.41) is 4.43. The predicted molar refractivity (Wildman–Crippen MR) is 97.6 cm³/mol. The first-order chi connectivity index (χ1) is 13.0. The number of nitrogens with zero attached hydrogens (tertiary/aromatic N) is 3. The molecular weight excluding hydrogens is 393 g/mol. The first-order valence-electron chi connectivity index (χ1n) is 7.91. The summed E-state index contributed by atoms with van der Waals surface area (Å²) < 4.78 is 10.1. The van der Waals surface area contributed by atoms with Crippen LogP contribution in [0.15, 0.2) is 47.1 Å². The van der Waals surface area contributed by atoms with Crippen LogP contribution in [-0.2, 0) is 16.0 Å². The van der Waals surface area contributed by atoms with Gasteiger partial charge in [0.05, 0.1) is 11.4 Å². The van der Waals surface area contributed by atoms with Crippen molar-refractivity contribution in [2.24, 2.45) is 0 Å².